The fraction of sp³-hybridized carbons (Fsp3) is 0. The van der Waals surface area contributed by atoms with Crippen LogP contribution in [0.4, 0.5) is 5.69 Å². The minimum atomic E-state index is -0.381. The highest BCUT2D eigenvalue weighted by Crippen LogP contribution is 2.45. The standard InChI is InChI=1S/C23H13NO3/c25-23-18-11-4-3-10-17(18)22-16-9-2-1-7-14(16)19(13-20(22)23)15-8-5-6-12-21(15)24(26)27/h1-13H. The summed E-state index contributed by atoms with van der Waals surface area (Å²) in [5.41, 5.74) is 4.37. The van der Waals surface area contributed by atoms with Crippen LogP contribution in [0.25, 0.3) is 33.0 Å². The molecule has 1 aliphatic carbocycles. The van der Waals surface area contributed by atoms with Crippen LogP contribution in [0.2, 0.25) is 0 Å². The lowest BCUT2D eigenvalue weighted by molar-refractivity contribution is -0.384. The molecule has 4 nitrogen and oxygen atoms in total. The fourth-order valence-corrected chi connectivity index (χ4v) is 3.97. The molecule has 0 saturated heterocycles. The first-order valence-electron chi connectivity index (χ1n) is 8.60. The predicted molar refractivity (Wildman–Crippen MR) is 105 cm³/mol. The number of nitrogens with zero attached hydrogens (tertiary/aromatic N) is 1. The number of nitro benzene ring substituents is 1. The minimum Gasteiger partial charge on any atom is -0.289 e. The summed E-state index contributed by atoms with van der Waals surface area (Å²) in [4.78, 5) is 24.2. The molecule has 0 aromatic heterocycles. The molecule has 0 bridgehead atoms. The first kappa shape index (κ1) is 15.5. The number of para-hydroxylation sites is 1. The summed E-state index contributed by atoms with van der Waals surface area (Å²) < 4.78 is 0. The molecule has 0 heterocycles. The molecule has 27 heavy (non-hydrogen) atoms. The molecule has 4 heteroatoms. The number of nitro groups is 1. The van der Waals surface area contributed by atoms with Crippen molar-refractivity contribution in [1.29, 1.82) is 0 Å². The molecule has 1 aliphatic rings. The van der Waals surface area contributed by atoms with E-state index in [9.17, 15) is 14.9 Å². The number of carbonyl (C=O) groups is 1. The first-order chi connectivity index (χ1) is 13.2. The van der Waals surface area contributed by atoms with Gasteiger partial charge in [0.2, 0.25) is 0 Å². The Morgan fingerprint density at radius 3 is 1.96 bits per heavy atom. The summed E-state index contributed by atoms with van der Waals surface area (Å²) in [5, 5.41) is 13.4. The van der Waals surface area contributed by atoms with Gasteiger partial charge in [-0.25, -0.2) is 0 Å². The van der Waals surface area contributed by atoms with E-state index in [1.807, 2.05) is 54.6 Å². The summed E-state index contributed by atoms with van der Waals surface area (Å²) in [5.74, 6) is -0.0359. The second-order valence-corrected chi connectivity index (χ2v) is 6.54. The minimum absolute atomic E-state index is 0.0329. The Kier molecular flexibility index (Phi) is 3.21. The van der Waals surface area contributed by atoms with Crippen molar-refractivity contribution in [2.24, 2.45) is 0 Å². The van der Waals surface area contributed by atoms with Crippen molar-refractivity contribution < 1.29 is 9.72 Å². The van der Waals surface area contributed by atoms with Crippen LogP contribution in [0.1, 0.15) is 15.9 Å². The molecule has 128 valence electrons. The van der Waals surface area contributed by atoms with Crippen molar-refractivity contribution in [2.75, 3.05) is 0 Å². The van der Waals surface area contributed by atoms with Crippen LogP contribution in [-0.4, -0.2) is 10.7 Å². The molecule has 0 N–H and O–H groups in total. The lowest BCUT2D eigenvalue weighted by atomic mass is 9.90. The Bertz CT molecular complexity index is 1270. The van der Waals surface area contributed by atoms with Gasteiger partial charge in [-0.2, -0.15) is 0 Å². The summed E-state index contributed by atoms with van der Waals surface area (Å²) in [7, 11) is 0. The molecule has 5 rings (SSSR count). The van der Waals surface area contributed by atoms with Crippen LogP contribution >= 0.6 is 0 Å². The fourth-order valence-electron chi connectivity index (χ4n) is 3.97. The maximum atomic E-state index is 13.0. The Balaban J connectivity index is 1.92. The van der Waals surface area contributed by atoms with E-state index in [-0.39, 0.29) is 16.4 Å². The maximum absolute atomic E-state index is 13.0. The average Bonchev–Trinajstić information content (AvgIpc) is 3.00. The molecule has 0 saturated carbocycles. The molecule has 0 atom stereocenters. The third kappa shape index (κ3) is 2.13. The number of carbonyl (C=O) groups excluding carboxylic acids is 1. The van der Waals surface area contributed by atoms with Gasteiger partial charge in [0.05, 0.1) is 10.5 Å². The van der Waals surface area contributed by atoms with Crippen molar-refractivity contribution in [3.63, 3.8) is 0 Å². The van der Waals surface area contributed by atoms with E-state index in [4.69, 9.17) is 0 Å². The topological polar surface area (TPSA) is 60.2 Å². The number of fused-ring (bicyclic) bond motifs is 5. The Hall–Kier alpha value is -3.79. The number of hydrogen-bond acceptors (Lipinski definition) is 3. The third-order valence-corrected chi connectivity index (χ3v) is 5.12. The van der Waals surface area contributed by atoms with Gasteiger partial charge in [-0.05, 0) is 34.0 Å². The predicted octanol–water partition coefficient (Wildman–Crippen LogP) is 5.63. The molecule has 0 amide bonds. The number of benzene rings is 4. The van der Waals surface area contributed by atoms with Crippen LogP contribution in [-0.2, 0) is 0 Å². The van der Waals surface area contributed by atoms with Gasteiger partial charge >= 0.3 is 0 Å². The molecule has 0 fully saturated rings. The van der Waals surface area contributed by atoms with Gasteiger partial charge in [0.1, 0.15) is 0 Å². The highest BCUT2D eigenvalue weighted by molar-refractivity contribution is 6.27. The zero-order chi connectivity index (χ0) is 18.5. The largest absolute Gasteiger partial charge is 0.289 e. The van der Waals surface area contributed by atoms with Crippen LogP contribution in [0.3, 0.4) is 0 Å². The van der Waals surface area contributed by atoms with E-state index in [0.717, 1.165) is 21.9 Å². The van der Waals surface area contributed by atoms with Gasteiger partial charge in [0.25, 0.3) is 5.69 Å². The van der Waals surface area contributed by atoms with Gasteiger partial charge in [0, 0.05) is 22.8 Å². The summed E-state index contributed by atoms with van der Waals surface area (Å²) in [6.45, 7) is 0. The highest BCUT2D eigenvalue weighted by Gasteiger charge is 2.30. The summed E-state index contributed by atoms with van der Waals surface area (Å²) in [6.07, 6.45) is 0. The Morgan fingerprint density at radius 2 is 1.22 bits per heavy atom. The van der Waals surface area contributed by atoms with Crippen LogP contribution in [0, 0.1) is 10.1 Å². The van der Waals surface area contributed by atoms with Gasteiger partial charge < -0.3 is 0 Å². The summed E-state index contributed by atoms with van der Waals surface area (Å²) in [6, 6.07) is 23.8. The van der Waals surface area contributed by atoms with Crippen LogP contribution in [0.15, 0.2) is 78.9 Å². The number of rotatable bonds is 2. The van der Waals surface area contributed by atoms with E-state index in [1.54, 1.807) is 18.2 Å². The lowest BCUT2D eigenvalue weighted by Gasteiger charge is -2.12. The van der Waals surface area contributed by atoms with Gasteiger partial charge in [-0.15, -0.1) is 0 Å². The second-order valence-electron chi connectivity index (χ2n) is 6.54. The SMILES string of the molecule is O=C1c2ccccc2-c2c1cc(-c1ccccc1[N+](=O)[O-])c1ccccc21. The van der Waals surface area contributed by atoms with Gasteiger partial charge in [-0.3, -0.25) is 14.9 Å². The van der Waals surface area contributed by atoms with Crippen molar-refractivity contribution in [3.8, 4) is 22.3 Å². The van der Waals surface area contributed by atoms with E-state index in [0.29, 0.717) is 22.3 Å². The normalized spacial score (nSPS) is 12.1. The highest BCUT2D eigenvalue weighted by atomic mass is 16.6. The molecular weight excluding hydrogens is 338 g/mol. The number of ketones is 1. The smallest absolute Gasteiger partial charge is 0.277 e. The van der Waals surface area contributed by atoms with E-state index < -0.39 is 0 Å². The van der Waals surface area contributed by atoms with Crippen molar-refractivity contribution in [1.82, 2.24) is 0 Å². The molecule has 4 aromatic carbocycles. The molecule has 0 radical (unpaired) electrons. The second kappa shape index (κ2) is 5.61. The van der Waals surface area contributed by atoms with Crippen molar-refractivity contribution in [2.45, 2.75) is 0 Å². The molecule has 0 aliphatic heterocycles. The monoisotopic (exact) mass is 351 g/mol. The van der Waals surface area contributed by atoms with E-state index >= 15 is 0 Å². The summed E-state index contributed by atoms with van der Waals surface area (Å²) >= 11 is 0. The first-order valence-corrected chi connectivity index (χ1v) is 8.60. The van der Waals surface area contributed by atoms with Crippen LogP contribution in [0.5, 0.6) is 0 Å². The van der Waals surface area contributed by atoms with Gasteiger partial charge in [0.15, 0.2) is 5.78 Å². The van der Waals surface area contributed by atoms with E-state index in [2.05, 4.69) is 0 Å². The molecular formula is C23H13NO3. The zero-order valence-corrected chi connectivity index (χ0v) is 14.2. The molecule has 0 unspecified atom stereocenters. The quantitative estimate of drug-likeness (QED) is 0.306. The molecule has 0 spiro atoms. The van der Waals surface area contributed by atoms with E-state index in [1.165, 1.54) is 6.07 Å². The zero-order valence-electron chi connectivity index (χ0n) is 14.2. The molecule has 4 aromatic rings. The van der Waals surface area contributed by atoms with Gasteiger partial charge in [-0.1, -0.05) is 60.7 Å². The lowest BCUT2D eigenvalue weighted by Crippen LogP contribution is -1.97. The Labute approximate surface area is 154 Å². The Morgan fingerprint density at radius 1 is 0.630 bits per heavy atom. The van der Waals surface area contributed by atoms with Crippen LogP contribution < -0.4 is 0 Å². The maximum Gasteiger partial charge on any atom is 0.277 e. The average molecular weight is 351 g/mol. The van der Waals surface area contributed by atoms with Crippen molar-refractivity contribution >= 4 is 22.2 Å². The van der Waals surface area contributed by atoms with Crippen molar-refractivity contribution in [3.05, 3.63) is 100 Å². The number of hydrogen-bond donors (Lipinski definition) is 0. The third-order valence-electron chi connectivity index (χ3n) is 5.12.